The molecule has 2 rings (SSSR count). The van der Waals surface area contributed by atoms with Gasteiger partial charge in [-0.25, -0.2) is 8.78 Å². The van der Waals surface area contributed by atoms with E-state index >= 15 is 0 Å². The summed E-state index contributed by atoms with van der Waals surface area (Å²) in [5.74, 6) is -1.57. The lowest BCUT2D eigenvalue weighted by atomic mass is 9.95. The highest BCUT2D eigenvalue weighted by Crippen LogP contribution is 2.35. The quantitative estimate of drug-likeness (QED) is 0.836. The fourth-order valence-electron chi connectivity index (χ4n) is 2.22. The summed E-state index contributed by atoms with van der Waals surface area (Å²) in [7, 11) is 0. The predicted octanol–water partition coefficient (Wildman–Crippen LogP) is 5.02. The second-order valence-corrected chi connectivity index (χ2v) is 7.20. The molecule has 0 saturated heterocycles. The van der Waals surface area contributed by atoms with Crippen LogP contribution in [-0.2, 0) is 5.41 Å². The molecule has 0 aliphatic carbocycles. The molecule has 1 unspecified atom stereocenters. The maximum absolute atomic E-state index is 14.1. The molecule has 0 bridgehead atoms. The van der Waals surface area contributed by atoms with E-state index in [4.69, 9.17) is 0 Å². The standard InChI is InChI=1S/C17H21F2NS/c1-5-20-16(11-7-6-8-12(18)15(11)19)13-9-10-14(21-13)17(2,3)4/h6-10,16,20H,5H2,1-4H3. The normalized spacial score (nSPS) is 13.4. The molecule has 1 aromatic heterocycles. The molecule has 1 nitrogen and oxygen atoms in total. The number of rotatable bonds is 4. The molecular formula is C17H21F2NS. The maximum Gasteiger partial charge on any atom is 0.163 e. The summed E-state index contributed by atoms with van der Waals surface area (Å²) in [6, 6.07) is 8.10. The van der Waals surface area contributed by atoms with Gasteiger partial charge in [0.2, 0.25) is 0 Å². The van der Waals surface area contributed by atoms with E-state index < -0.39 is 11.6 Å². The molecule has 4 heteroatoms. The van der Waals surface area contributed by atoms with Gasteiger partial charge in [0.15, 0.2) is 11.6 Å². The SMILES string of the molecule is CCNC(c1ccc(C(C)(C)C)s1)c1cccc(F)c1F. The number of hydrogen-bond acceptors (Lipinski definition) is 2. The van der Waals surface area contributed by atoms with E-state index in [-0.39, 0.29) is 11.5 Å². The van der Waals surface area contributed by atoms with Crippen LogP contribution in [0.25, 0.3) is 0 Å². The third-order valence-corrected chi connectivity index (χ3v) is 4.93. The number of benzene rings is 1. The van der Waals surface area contributed by atoms with Gasteiger partial charge in [0.1, 0.15) is 0 Å². The van der Waals surface area contributed by atoms with E-state index in [0.717, 1.165) is 10.9 Å². The summed E-state index contributed by atoms with van der Waals surface area (Å²) in [5.41, 5.74) is 0.416. The fourth-order valence-corrected chi connectivity index (χ4v) is 3.38. The fraction of sp³-hybridized carbons (Fsp3) is 0.412. The summed E-state index contributed by atoms with van der Waals surface area (Å²) in [5, 5.41) is 3.25. The van der Waals surface area contributed by atoms with Crippen LogP contribution in [0.15, 0.2) is 30.3 Å². The third kappa shape index (κ3) is 3.50. The summed E-state index contributed by atoms with van der Waals surface area (Å²) in [6.07, 6.45) is 0. The first-order chi connectivity index (χ1) is 9.84. The zero-order valence-electron chi connectivity index (χ0n) is 12.8. The van der Waals surface area contributed by atoms with E-state index in [1.807, 2.05) is 13.0 Å². The van der Waals surface area contributed by atoms with Gasteiger partial charge in [0.05, 0.1) is 6.04 Å². The van der Waals surface area contributed by atoms with Crippen LogP contribution >= 0.6 is 11.3 Å². The summed E-state index contributed by atoms with van der Waals surface area (Å²) >= 11 is 1.65. The van der Waals surface area contributed by atoms with Gasteiger partial charge in [-0.15, -0.1) is 11.3 Å². The van der Waals surface area contributed by atoms with E-state index in [9.17, 15) is 8.78 Å². The van der Waals surface area contributed by atoms with Crippen LogP contribution in [0.5, 0.6) is 0 Å². The molecule has 0 fully saturated rings. The predicted molar refractivity (Wildman–Crippen MR) is 84.9 cm³/mol. The minimum Gasteiger partial charge on any atom is -0.306 e. The molecule has 0 aliphatic heterocycles. The van der Waals surface area contributed by atoms with Gasteiger partial charge >= 0.3 is 0 Å². The number of thiophene rings is 1. The van der Waals surface area contributed by atoms with E-state index in [0.29, 0.717) is 12.1 Å². The Kier molecular flexibility index (Phi) is 4.79. The lowest BCUT2D eigenvalue weighted by molar-refractivity contribution is 0.484. The Balaban J connectivity index is 2.44. The van der Waals surface area contributed by atoms with Gasteiger partial charge in [-0.2, -0.15) is 0 Å². The second-order valence-electron chi connectivity index (χ2n) is 6.09. The van der Waals surface area contributed by atoms with Crippen molar-refractivity contribution >= 4 is 11.3 Å². The van der Waals surface area contributed by atoms with Crippen LogP contribution in [0.2, 0.25) is 0 Å². The van der Waals surface area contributed by atoms with E-state index in [1.165, 1.54) is 4.88 Å². The molecule has 0 aliphatic rings. The average Bonchev–Trinajstić information content (AvgIpc) is 2.89. The van der Waals surface area contributed by atoms with Crippen molar-refractivity contribution in [3.63, 3.8) is 0 Å². The van der Waals surface area contributed by atoms with Crippen LogP contribution in [0.4, 0.5) is 8.78 Å². The number of halogens is 2. The largest absolute Gasteiger partial charge is 0.306 e. The Bertz CT molecular complexity index is 613. The molecule has 21 heavy (non-hydrogen) atoms. The molecule has 1 aromatic carbocycles. The Labute approximate surface area is 129 Å². The van der Waals surface area contributed by atoms with Crippen molar-refractivity contribution in [2.24, 2.45) is 0 Å². The average molecular weight is 309 g/mol. The van der Waals surface area contributed by atoms with Crippen LogP contribution in [0.1, 0.15) is 49.1 Å². The molecule has 2 aromatic rings. The molecule has 114 valence electrons. The minimum absolute atomic E-state index is 0.0557. The van der Waals surface area contributed by atoms with Crippen molar-refractivity contribution in [1.29, 1.82) is 0 Å². The Hall–Kier alpha value is -1.26. The lowest BCUT2D eigenvalue weighted by Gasteiger charge is -2.19. The highest BCUT2D eigenvalue weighted by atomic mass is 32.1. The summed E-state index contributed by atoms with van der Waals surface area (Å²) in [4.78, 5) is 2.24. The zero-order valence-corrected chi connectivity index (χ0v) is 13.7. The van der Waals surface area contributed by atoms with Gasteiger partial charge in [-0.3, -0.25) is 0 Å². The van der Waals surface area contributed by atoms with Gasteiger partial charge < -0.3 is 5.32 Å². The first kappa shape index (κ1) is 16.1. The zero-order chi connectivity index (χ0) is 15.6. The van der Waals surface area contributed by atoms with Gasteiger partial charge in [-0.1, -0.05) is 39.8 Å². The first-order valence-electron chi connectivity index (χ1n) is 7.12. The smallest absolute Gasteiger partial charge is 0.163 e. The second kappa shape index (κ2) is 6.24. The van der Waals surface area contributed by atoms with Crippen molar-refractivity contribution < 1.29 is 8.78 Å². The number of hydrogen-bond donors (Lipinski definition) is 1. The molecular weight excluding hydrogens is 288 g/mol. The Morgan fingerprint density at radius 3 is 2.43 bits per heavy atom. The lowest BCUT2D eigenvalue weighted by Crippen LogP contribution is -2.22. The topological polar surface area (TPSA) is 12.0 Å². The number of nitrogens with one attached hydrogen (secondary N) is 1. The molecule has 0 spiro atoms. The molecule has 0 amide bonds. The minimum atomic E-state index is -0.803. The summed E-state index contributed by atoms with van der Waals surface area (Å²) < 4.78 is 27.6. The van der Waals surface area contributed by atoms with Crippen LogP contribution < -0.4 is 5.32 Å². The van der Waals surface area contributed by atoms with Crippen LogP contribution in [0, 0.1) is 11.6 Å². The van der Waals surface area contributed by atoms with Crippen molar-refractivity contribution in [3.8, 4) is 0 Å². The van der Waals surface area contributed by atoms with Gasteiger partial charge in [0, 0.05) is 15.3 Å². The Morgan fingerprint density at radius 2 is 1.86 bits per heavy atom. The van der Waals surface area contributed by atoms with Gasteiger partial charge in [-0.05, 0) is 30.2 Å². The summed E-state index contributed by atoms with van der Waals surface area (Å²) in [6.45, 7) is 9.08. The van der Waals surface area contributed by atoms with Crippen LogP contribution in [-0.4, -0.2) is 6.54 Å². The Morgan fingerprint density at radius 1 is 1.14 bits per heavy atom. The molecule has 1 atom stereocenters. The molecule has 1 N–H and O–H groups in total. The molecule has 0 radical (unpaired) electrons. The molecule has 0 saturated carbocycles. The van der Waals surface area contributed by atoms with E-state index in [1.54, 1.807) is 23.5 Å². The first-order valence-corrected chi connectivity index (χ1v) is 7.93. The van der Waals surface area contributed by atoms with Crippen molar-refractivity contribution in [1.82, 2.24) is 5.32 Å². The van der Waals surface area contributed by atoms with Gasteiger partial charge in [0.25, 0.3) is 0 Å². The van der Waals surface area contributed by atoms with Crippen LogP contribution in [0.3, 0.4) is 0 Å². The van der Waals surface area contributed by atoms with Crippen molar-refractivity contribution in [2.75, 3.05) is 6.54 Å². The van der Waals surface area contributed by atoms with Crippen molar-refractivity contribution in [3.05, 3.63) is 57.3 Å². The highest BCUT2D eigenvalue weighted by Gasteiger charge is 2.23. The highest BCUT2D eigenvalue weighted by molar-refractivity contribution is 7.12. The monoisotopic (exact) mass is 309 g/mol. The maximum atomic E-state index is 14.1. The third-order valence-electron chi connectivity index (χ3n) is 3.35. The molecule has 1 heterocycles. The van der Waals surface area contributed by atoms with E-state index in [2.05, 4.69) is 32.2 Å². The van der Waals surface area contributed by atoms with Crippen molar-refractivity contribution in [2.45, 2.75) is 39.2 Å².